The number of carbonyl (C=O) groups is 2. The van der Waals surface area contributed by atoms with E-state index < -0.39 is 5.91 Å². The lowest BCUT2D eigenvalue weighted by Crippen LogP contribution is -2.19. The molecule has 0 atom stereocenters. The van der Waals surface area contributed by atoms with Crippen molar-refractivity contribution in [2.24, 2.45) is 5.73 Å². The smallest absolute Gasteiger partial charge is 0.270 e. The van der Waals surface area contributed by atoms with E-state index >= 15 is 0 Å². The molecule has 0 aromatic carbocycles. The van der Waals surface area contributed by atoms with Crippen LogP contribution in [0.1, 0.15) is 23.3 Å². The van der Waals surface area contributed by atoms with Gasteiger partial charge in [0.1, 0.15) is 10.8 Å². The standard InChI is InChI=1S/C17H18N6O3S/c1-26-11-5-2-9(3-6-11)15(25)23-16-13(14(19)24)22-17(27-16)21-10-4-7-12(18)20-8-10/h2,4-5,7-8H,3,6H2,1H3,(H2,18,20)(H2,19,24)(H,21,22)(H,23,25). The van der Waals surface area contributed by atoms with E-state index in [-0.39, 0.29) is 16.6 Å². The molecule has 0 fully saturated rings. The molecule has 9 nitrogen and oxygen atoms in total. The van der Waals surface area contributed by atoms with Crippen LogP contribution >= 0.6 is 11.3 Å². The van der Waals surface area contributed by atoms with Crippen molar-refractivity contribution >= 4 is 44.8 Å². The number of thiazole rings is 1. The highest BCUT2D eigenvalue weighted by Crippen LogP contribution is 2.31. The summed E-state index contributed by atoms with van der Waals surface area (Å²) in [5, 5.41) is 6.39. The predicted octanol–water partition coefficient (Wildman–Crippen LogP) is 2.15. The van der Waals surface area contributed by atoms with Gasteiger partial charge in [-0.3, -0.25) is 9.59 Å². The van der Waals surface area contributed by atoms with E-state index in [9.17, 15) is 9.59 Å². The Hall–Kier alpha value is -3.40. The summed E-state index contributed by atoms with van der Waals surface area (Å²) in [7, 11) is 1.59. The van der Waals surface area contributed by atoms with E-state index in [4.69, 9.17) is 16.2 Å². The Balaban J connectivity index is 1.78. The van der Waals surface area contributed by atoms with Crippen molar-refractivity contribution in [2.45, 2.75) is 12.8 Å². The summed E-state index contributed by atoms with van der Waals surface area (Å²) in [6.45, 7) is 0. The van der Waals surface area contributed by atoms with Crippen LogP contribution in [0.2, 0.25) is 0 Å². The topological polar surface area (TPSA) is 145 Å². The first-order valence-corrected chi connectivity index (χ1v) is 8.82. The monoisotopic (exact) mass is 386 g/mol. The number of nitrogens with zero attached hydrogens (tertiary/aromatic N) is 2. The highest BCUT2D eigenvalue weighted by Gasteiger charge is 2.21. The van der Waals surface area contributed by atoms with E-state index in [0.29, 0.717) is 35.1 Å². The van der Waals surface area contributed by atoms with E-state index in [1.165, 1.54) is 6.20 Å². The van der Waals surface area contributed by atoms with Crippen LogP contribution in [0.5, 0.6) is 0 Å². The average molecular weight is 386 g/mol. The zero-order chi connectivity index (χ0) is 19.4. The molecule has 0 saturated carbocycles. The summed E-state index contributed by atoms with van der Waals surface area (Å²) in [4.78, 5) is 32.3. The number of amides is 2. The van der Waals surface area contributed by atoms with Crippen molar-refractivity contribution in [1.29, 1.82) is 0 Å². The molecular weight excluding hydrogens is 368 g/mol. The molecule has 2 heterocycles. The number of ether oxygens (including phenoxy) is 1. The second-order valence-electron chi connectivity index (χ2n) is 5.64. The first-order valence-electron chi connectivity index (χ1n) is 8.00. The van der Waals surface area contributed by atoms with Crippen molar-refractivity contribution in [1.82, 2.24) is 9.97 Å². The molecule has 2 aromatic heterocycles. The minimum Gasteiger partial charge on any atom is -0.501 e. The van der Waals surface area contributed by atoms with Crippen LogP contribution in [0.15, 0.2) is 41.8 Å². The van der Waals surface area contributed by atoms with Gasteiger partial charge < -0.3 is 26.8 Å². The maximum atomic E-state index is 12.5. The van der Waals surface area contributed by atoms with Gasteiger partial charge >= 0.3 is 0 Å². The SMILES string of the molecule is COC1=CC=C(C(=O)Nc2sc(Nc3ccc(N)nc3)nc2C(N)=O)CC1. The lowest BCUT2D eigenvalue weighted by Gasteiger charge is -2.13. The van der Waals surface area contributed by atoms with Gasteiger partial charge in [0.25, 0.3) is 11.8 Å². The van der Waals surface area contributed by atoms with Crippen LogP contribution in [0, 0.1) is 0 Å². The fourth-order valence-electron chi connectivity index (χ4n) is 2.39. The zero-order valence-electron chi connectivity index (χ0n) is 14.5. The lowest BCUT2D eigenvalue weighted by atomic mass is 10.0. The van der Waals surface area contributed by atoms with Gasteiger partial charge in [0.2, 0.25) is 0 Å². The van der Waals surface area contributed by atoms with Crippen LogP contribution in [0.3, 0.4) is 0 Å². The number of nitrogens with one attached hydrogen (secondary N) is 2. The Labute approximate surface area is 159 Å². The minimum absolute atomic E-state index is 0.0104. The summed E-state index contributed by atoms with van der Waals surface area (Å²) in [6.07, 6.45) is 6.16. The molecule has 0 unspecified atom stereocenters. The number of primary amides is 1. The van der Waals surface area contributed by atoms with Gasteiger partial charge in [-0.1, -0.05) is 17.4 Å². The number of hydrogen-bond acceptors (Lipinski definition) is 8. The highest BCUT2D eigenvalue weighted by molar-refractivity contribution is 7.20. The molecule has 0 bridgehead atoms. The van der Waals surface area contributed by atoms with Gasteiger partial charge in [0.05, 0.1) is 24.8 Å². The number of nitrogens with two attached hydrogens (primary N) is 2. The number of hydrogen-bond donors (Lipinski definition) is 4. The van der Waals surface area contributed by atoms with E-state index in [2.05, 4.69) is 20.6 Å². The molecule has 0 spiro atoms. The maximum absolute atomic E-state index is 12.5. The third-order valence-corrected chi connectivity index (χ3v) is 4.68. The third kappa shape index (κ3) is 4.42. The molecule has 1 aliphatic carbocycles. The number of allylic oxidation sites excluding steroid dienone is 3. The molecule has 0 radical (unpaired) electrons. The molecule has 140 valence electrons. The van der Waals surface area contributed by atoms with Crippen LogP contribution in [0.4, 0.5) is 21.6 Å². The van der Waals surface area contributed by atoms with Gasteiger partial charge in [0.15, 0.2) is 10.8 Å². The first-order chi connectivity index (χ1) is 13.0. The van der Waals surface area contributed by atoms with Crippen molar-refractivity contribution in [2.75, 3.05) is 23.5 Å². The van der Waals surface area contributed by atoms with E-state index in [1.807, 2.05) is 0 Å². The molecule has 0 aliphatic heterocycles. The van der Waals surface area contributed by atoms with Gasteiger partial charge in [-0.2, -0.15) is 0 Å². The Bertz CT molecular complexity index is 933. The minimum atomic E-state index is -0.732. The van der Waals surface area contributed by atoms with E-state index in [1.54, 1.807) is 31.4 Å². The van der Waals surface area contributed by atoms with Crippen molar-refractivity contribution < 1.29 is 14.3 Å². The van der Waals surface area contributed by atoms with Gasteiger partial charge in [-0.25, -0.2) is 9.97 Å². The molecular formula is C17H18N6O3S. The lowest BCUT2D eigenvalue weighted by molar-refractivity contribution is -0.113. The molecule has 2 amide bonds. The zero-order valence-corrected chi connectivity index (χ0v) is 15.3. The maximum Gasteiger partial charge on any atom is 0.270 e. The molecule has 6 N–H and O–H groups in total. The number of carbonyl (C=O) groups excluding carboxylic acids is 2. The molecule has 27 heavy (non-hydrogen) atoms. The number of rotatable bonds is 6. The average Bonchev–Trinajstić information content (AvgIpc) is 3.06. The number of aromatic nitrogens is 2. The van der Waals surface area contributed by atoms with Crippen molar-refractivity contribution in [3.05, 3.63) is 47.5 Å². The van der Waals surface area contributed by atoms with Crippen LogP contribution < -0.4 is 22.1 Å². The van der Waals surface area contributed by atoms with Crippen LogP contribution in [0.25, 0.3) is 0 Å². The van der Waals surface area contributed by atoms with Gasteiger partial charge in [-0.05, 0) is 24.6 Å². The summed E-state index contributed by atoms with van der Waals surface area (Å²) in [5.41, 5.74) is 12.1. The molecule has 10 heteroatoms. The second kappa shape index (κ2) is 7.87. The number of pyridine rings is 1. The molecule has 1 aliphatic rings. The predicted molar refractivity (Wildman–Crippen MR) is 104 cm³/mol. The fraction of sp³-hybridized carbons (Fsp3) is 0.176. The number of methoxy groups -OCH3 is 1. The Kier molecular flexibility index (Phi) is 5.36. The van der Waals surface area contributed by atoms with Crippen LogP contribution in [-0.4, -0.2) is 28.9 Å². The highest BCUT2D eigenvalue weighted by atomic mass is 32.1. The Morgan fingerprint density at radius 2 is 2.07 bits per heavy atom. The first kappa shape index (κ1) is 18.4. The number of nitrogen functional groups attached to an aromatic ring is 1. The van der Waals surface area contributed by atoms with Crippen molar-refractivity contribution in [3.8, 4) is 0 Å². The summed E-state index contributed by atoms with van der Waals surface area (Å²) in [6, 6.07) is 3.35. The van der Waals surface area contributed by atoms with Crippen LogP contribution in [-0.2, 0) is 9.53 Å². The fourth-order valence-corrected chi connectivity index (χ4v) is 3.27. The normalized spacial score (nSPS) is 13.4. The van der Waals surface area contributed by atoms with E-state index in [0.717, 1.165) is 17.1 Å². The second-order valence-corrected chi connectivity index (χ2v) is 6.64. The third-order valence-electron chi connectivity index (χ3n) is 3.79. The largest absolute Gasteiger partial charge is 0.501 e. The van der Waals surface area contributed by atoms with Crippen molar-refractivity contribution in [3.63, 3.8) is 0 Å². The molecule has 2 aromatic rings. The molecule has 0 saturated heterocycles. The number of anilines is 4. The summed E-state index contributed by atoms with van der Waals surface area (Å²) < 4.78 is 5.15. The summed E-state index contributed by atoms with van der Waals surface area (Å²) >= 11 is 1.10. The Morgan fingerprint density at radius 1 is 1.26 bits per heavy atom. The quantitative estimate of drug-likeness (QED) is 0.595. The Morgan fingerprint density at radius 3 is 2.67 bits per heavy atom. The van der Waals surface area contributed by atoms with Gasteiger partial charge in [0, 0.05) is 12.0 Å². The summed E-state index contributed by atoms with van der Waals surface area (Å²) in [5.74, 6) is 0.153. The van der Waals surface area contributed by atoms with Gasteiger partial charge in [-0.15, -0.1) is 0 Å². The molecule has 3 rings (SSSR count).